The van der Waals surface area contributed by atoms with E-state index in [-0.39, 0.29) is 11.8 Å². The fourth-order valence-corrected chi connectivity index (χ4v) is 2.79. The van der Waals surface area contributed by atoms with Crippen molar-refractivity contribution in [2.45, 2.75) is 33.1 Å². The molecule has 1 heterocycles. The van der Waals surface area contributed by atoms with Crippen molar-refractivity contribution in [1.82, 2.24) is 4.90 Å². The highest BCUT2D eigenvalue weighted by Gasteiger charge is 2.21. The molecule has 0 spiro atoms. The van der Waals surface area contributed by atoms with Crippen molar-refractivity contribution in [3.05, 3.63) is 23.8 Å². The lowest BCUT2D eigenvalue weighted by atomic mass is 10.1. The van der Waals surface area contributed by atoms with E-state index < -0.39 is 0 Å². The van der Waals surface area contributed by atoms with Gasteiger partial charge >= 0.3 is 0 Å². The van der Waals surface area contributed by atoms with Gasteiger partial charge in [0, 0.05) is 33.0 Å². The molecular weight excluding hydrogens is 280 g/mol. The number of likely N-dealkylation sites (tertiary alicyclic amines) is 1. The maximum Gasteiger partial charge on any atom is 0.224 e. The molecule has 1 saturated heterocycles. The van der Waals surface area contributed by atoms with Gasteiger partial charge in [0.05, 0.1) is 12.8 Å². The number of carbonyl (C=O) groups is 2. The molecule has 0 unspecified atom stereocenters. The number of hydrogen-bond donors (Lipinski definition) is 0. The third-order valence-electron chi connectivity index (χ3n) is 4.01. The molecular formula is C17H24N2O3. The number of rotatable bonds is 5. The minimum atomic E-state index is -0.0851. The van der Waals surface area contributed by atoms with Crippen LogP contribution < -0.4 is 9.64 Å². The third kappa shape index (κ3) is 3.78. The summed E-state index contributed by atoms with van der Waals surface area (Å²) in [5.41, 5.74) is 1.78. The number of hydrogen-bond acceptors (Lipinski definition) is 3. The molecule has 0 aliphatic carbocycles. The summed E-state index contributed by atoms with van der Waals surface area (Å²) >= 11 is 0. The molecule has 120 valence electrons. The zero-order valence-electron chi connectivity index (χ0n) is 13.6. The molecule has 0 N–H and O–H groups in total. The Kier molecular flexibility index (Phi) is 5.41. The van der Waals surface area contributed by atoms with Gasteiger partial charge in [0.2, 0.25) is 11.8 Å². The van der Waals surface area contributed by atoms with Crippen LogP contribution in [0.1, 0.15) is 31.7 Å². The number of carbonyl (C=O) groups excluding carboxylic acids is 2. The van der Waals surface area contributed by atoms with Gasteiger partial charge in [-0.25, -0.2) is 0 Å². The predicted molar refractivity (Wildman–Crippen MR) is 86.2 cm³/mol. The Balaban J connectivity index is 2.11. The fourth-order valence-electron chi connectivity index (χ4n) is 2.79. The summed E-state index contributed by atoms with van der Waals surface area (Å²) in [6, 6.07) is 5.71. The molecule has 2 amide bonds. The summed E-state index contributed by atoms with van der Waals surface area (Å²) in [5, 5.41) is 0. The number of nitrogens with zero attached hydrogens (tertiary/aromatic N) is 2. The SMILES string of the molecule is COc1ccc(C)cc1N(CCC(=O)N1CCCC1)C(C)=O. The molecule has 0 aromatic heterocycles. The second-order valence-corrected chi connectivity index (χ2v) is 5.68. The van der Waals surface area contributed by atoms with E-state index in [1.165, 1.54) is 6.92 Å². The molecule has 0 radical (unpaired) electrons. The molecule has 2 rings (SSSR count). The van der Waals surface area contributed by atoms with E-state index in [1.54, 1.807) is 12.0 Å². The van der Waals surface area contributed by atoms with Crippen LogP contribution in [0.5, 0.6) is 5.75 Å². The molecule has 1 aliphatic heterocycles. The highest BCUT2D eigenvalue weighted by atomic mass is 16.5. The molecule has 0 atom stereocenters. The monoisotopic (exact) mass is 304 g/mol. The lowest BCUT2D eigenvalue weighted by molar-refractivity contribution is -0.129. The molecule has 5 heteroatoms. The van der Waals surface area contributed by atoms with Crippen molar-refractivity contribution in [1.29, 1.82) is 0 Å². The molecule has 22 heavy (non-hydrogen) atoms. The maximum absolute atomic E-state index is 12.2. The maximum atomic E-state index is 12.2. The average Bonchev–Trinajstić information content (AvgIpc) is 3.01. The van der Waals surface area contributed by atoms with Gasteiger partial charge in [-0.15, -0.1) is 0 Å². The van der Waals surface area contributed by atoms with E-state index in [4.69, 9.17) is 4.74 Å². The standard InChI is InChI=1S/C17H24N2O3/c1-13-6-7-16(22-3)15(12-13)19(14(2)20)11-8-17(21)18-9-4-5-10-18/h6-7,12H,4-5,8-11H2,1-3H3. The van der Waals surface area contributed by atoms with Crippen LogP contribution in [-0.2, 0) is 9.59 Å². The molecule has 1 aromatic rings. The van der Waals surface area contributed by atoms with E-state index in [2.05, 4.69) is 0 Å². The number of ether oxygens (including phenoxy) is 1. The lowest BCUT2D eigenvalue weighted by Gasteiger charge is -2.24. The second-order valence-electron chi connectivity index (χ2n) is 5.68. The van der Waals surface area contributed by atoms with Gasteiger partial charge in [0.15, 0.2) is 0 Å². The molecule has 1 aromatic carbocycles. The van der Waals surface area contributed by atoms with Gasteiger partial charge in [-0.3, -0.25) is 9.59 Å². The number of amides is 2. The summed E-state index contributed by atoms with van der Waals surface area (Å²) in [4.78, 5) is 27.7. The topological polar surface area (TPSA) is 49.9 Å². The van der Waals surface area contributed by atoms with E-state index in [1.807, 2.05) is 30.0 Å². The number of aryl methyl sites for hydroxylation is 1. The largest absolute Gasteiger partial charge is 0.495 e. The molecule has 0 bridgehead atoms. The first kappa shape index (κ1) is 16.3. The van der Waals surface area contributed by atoms with E-state index in [0.29, 0.717) is 18.7 Å². The van der Waals surface area contributed by atoms with Gasteiger partial charge in [-0.2, -0.15) is 0 Å². The van der Waals surface area contributed by atoms with Crippen molar-refractivity contribution < 1.29 is 14.3 Å². The lowest BCUT2D eigenvalue weighted by Crippen LogP contribution is -2.35. The zero-order valence-corrected chi connectivity index (χ0v) is 13.6. The Hall–Kier alpha value is -2.04. The van der Waals surface area contributed by atoms with Crippen LogP contribution in [0.2, 0.25) is 0 Å². The minimum Gasteiger partial charge on any atom is -0.495 e. The van der Waals surface area contributed by atoms with Crippen molar-refractivity contribution in [3.8, 4) is 5.75 Å². The van der Waals surface area contributed by atoms with E-state index in [9.17, 15) is 9.59 Å². The molecule has 1 fully saturated rings. The predicted octanol–water partition coefficient (Wildman–Crippen LogP) is 2.37. The van der Waals surface area contributed by atoms with Crippen LogP contribution in [0.15, 0.2) is 18.2 Å². The number of benzene rings is 1. The van der Waals surface area contributed by atoms with Crippen molar-refractivity contribution >= 4 is 17.5 Å². The fraction of sp³-hybridized carbons (Fsp3) is 0.529. The quantitative estimate of drug-likeness (QED) is 0.839. The highest BCUT2D eigenvalue weighted by molar-refractivity contribution is 5.94. The van der Waals surface area contributed by atoms with Crippen LogP contribution in [0.4, 0.5) is 5.69 Å². The van der Waals surface area contributed by atoms with Crippen LogP contribution >= 0.6 is 0 Å². The molecule has 5 nitrogen and oxygen atoms in total. The Morgan fingerprint density at radius 2 is 1.95 bits per heavy atom. The summed E-state index contributed by atoms with van der Waals surface area (Å²) in [6.45, 7) is 5.54. The van der Waals surface area contributed by atoms with Gasteiger partial charge in [0.1, 0.15) is 5.75 Å². The summed E-state index contributed by atoms with van der Waals surface area (Å²) < 4.78 is 5.35. The number of anilines is 1. The van der Waals surface area contributed by atoms with Gasteiger partial charge in [-0.1, -0.05) is 6.07 Å². The number of methoxy groups -OCH3 is 1. The van der Waals surface area contributed by atoms with Crippen molar-refractivity contribution in [2.75, 3.05) is 31.6 Å². The Morgan fingerprint density at radius 1 is 1.27 bits per heavy atom. The Morgan fingerprint density at radius 3 is 2.55 bits per heavy atom. The minimum absolute atomic E-state index is 0.0851. The Bertz CT molecular complexity index is 551. The molecule has 0 saturated carbocycles. The summed E-state index contributed by atoms with van der Waals surface area (Å²) in [6.07, 6.45) is 2.50. The third-order valence-corrected chi connectivity index (χ3v) is 4.01. The first-order valence-corrected chi connectivity index (χ1v) is 7.73. The van der Waals surface area contributed by atoms with Gasteiger partial charge in [0.25, 0.3) is 0 Å². The van der Waals surface area contributed by atoms with Gasteiger partial charge < -0.3 is 14.5 Å². The van der Waals surface area contributed by atoms with Crippen LogP contribution in [-0.4, -0.2) is 43.5 Å². The van der Waals surface area contributed by atoms with E-state index >= 15 is 0 Å². The normalized spacial score (nSPS) is 14.0. The first-order valence-electron chi connectivity index (χ1n) is 7.73. The first-order chi connectivity index (χ1) is 10.5. The van der Waals surface area contributed by atoms with Gasteiger partial charge in [-0.05, 0) is 37.5 Å². The van der Waals surface area contributed by atoms with Crippen molar-refractivity contribution in [2.24, 2.45) is 0 Å². The summed E-state index contributed by atoms with van der Waals surface area (Å²) in [5.74, 6) is 0.683. The van der Waals surface area contributed by atoms with E-state index in [0.717, 1.165) is 37.2 Å². The second kappa shape index (κ2) is 7.29. The highest BCUT2D eigenvalue weighted by Crippen LogP contribution is 2.29. The van der Waals surface area contributed by atoms with Crippen LogP contribution in [0.25, 0.3) is 0 Å². The molecule has 1 aliphatic rings. The smallest absolute Gasteiger partial charge is 0.224 e. The summed E-state index contributed by atoms with van der Waals surface area (Å²) in [7, 11) is 1.59. The van der Waals surface area contributed by atoms with Crippen LogP contribution in [0.3, 0.4) is 0 Å². The zero-order chi connectivity index (χ0) is 16.1. The Labute approximate surface area is 131 Å². The van der Waals surface area contributed by atoms with Crippen molar-refractivity contribution in [3.63, 3.8) is 0 Å². The van der Waals surface area contributed by atoms with Crippen LogP contribution in [0, 0.1) is 6.92 Å². The average molecular weight is 304 g/mol.